The summed E-state index contributed by atoms with van der Waals surface area (Å²) >= 11 is 0. The van der Waals surface area contributed by atoms with E-state index in [4.69, 9.17) is 0 Å². The maximum Gasteiger partial charge on any atom is 0.227 e. The highest BCUT2D eigenvalue weighted by atomic mass is 16.1. The molecule has 8 heteroatoms. The van der Waals surface area contributed by atoms with E-state index < -0.39 is 0 Å². The Morgan fingerprint density at radius 3 is 2.79 bits per heavy atom. The van der Waals surface area contributed by atoms with Gasteiger partial charge in [-0.1, -0.05) is 24.6 Å². The zero-order chi connectivity index (χ0) is 20.1. The number of rotatable bonds is 6. The largest absolute Gasteiger partial charge is 0.352 e. The van der Waals surface area contributed by atoms with Gasteiger partial charge in [-0.3, -0.25) is 14.2 Å². The van der Waals surface area contributed by atoms with Crippen LogP contribution in [-0.4, -0.2) is 33.5 Å². The lowest BCUT2D eigenvalue weighted by atomic mass is 9.85. The van der Waals surface area contributed by atoms with Gasteiger partial charge >= 0.3 is 0 Å². The summed E-state index contributed by atoms with van der Waals surface area (Å²) < 4.78 is 1.94. The molecule has 1 aromatic carbocycles. The lowest BCUT2D eigenvalue weighted by Gasteiger charge is -2.24. The molecule has 0 aliphatic heterocycles. The number of nitrogens with one attached hydrogen (secondary N) is 3. The molecule has 0 bridgehead atoms. The fourth-order valence-electron chi connectivity index (χ4n) is 3.25. The Hall–Kier alpha value is -3.42. The van der Waals surface area contributed by atoms with E-state index >= 15 is 0 Å². The van der Waals surface area contributed by atoms with Crippen LogP contribution in [0.15, 0.2) is 53.7 Å². The molecule has 1 aliphatic carbocycles. The summed E-state index contributed by atoms with van der Waals surface area (Å²) in [5.74, 6) is 1.78. The first kappa shape index (κ1) is 18.9. The number of nitrogens with zero attached hydrogens (tertiary/aromatic N) is 4. The Morgan fingerprint density at radius 1 is 1.14 bits per heavy atom. The first-order chi connectivity index (χ1) is 14.2. The van der Waals surface area contributed by atoms with E-state index in [1.54, 1.807) is 7.05 Å². The fraction of sp³-hybridized carbons (Fsp3) is 0.333. The van der Waals surface area contributed by atoms with Crippen LogP contribution in [0.25, 0.3) is 5.65 Å². The van der Waals surface area contributed by atoms with E-state index in [-0.39, 0.29) is 11.8 Å². The summed E-state index contributed by atoms with van der Waals surface area (Å²) in [6, 6.07) is 13.7. The normalized spacial score (nSPS) is 14.4. The molecule has 0 unspecified atom stereocenters. The van der Waals surface area contributed by atoms with Gasteiger partial charge in [-0.25, -0.2) is 0 Å². The molecule has 1 saturated carbocycles. The molecule has 8 nitrogen and oxygen atoms in total. The van der Waals surface area contributed by atoms with Crippen LogP contribution < -0.4 is 16.0 Å². The molecule has 3 N–H and O–H groups in total. The van der Waals surface area contributed by atoms with Crippen LogP contribution in [0.3, 0.4) is 0 Å². The minimum atomic E-state index is 0.124. The van der Waals surface area contributed by atoms with Gasteiger partial charge in [0.15, 0.2) is 17.4 Å². The average Bonchev–Trinajstić information content (AvgIpc) is 3.10. The minimum absolute atomic E-state index is 0.124. The number of aromatic nitrogens is 3. The van der Waals surface area contributed by atoms with Gasteiger partial charge in [0.2, 0.25) is 5.91 Å². The highest BCUT2D eigenvalue weighted by molar-refractivity contribution is 5.93. The van der Waals surface area contributed by atoms with Crippen molar-refractivity contribution < 1.29 is 4.79 Å². The zero-order valence-corrected chi connectivity index (χ0v) is 16.4. The van der Waals surface area contributed by atoms with E-state index in [2.05, 4.69) is 31.1 Å². The van der Waals surface area contributed by atoms with Crippen LogP contribution in [0.1, 0.15) is 30.7 Å². The molecular weight excluding hydrogens is 366 g/mol. The van der Waals surface area contributed by atoms with E-state index in [0.29, 0.717) is 19.0 Å². The van der Waals surface area contributed by atoms with Crippen molar-refractivity contribution in [1.29, 1.82) is 0 Å². The van der Waals surface area contributed by atoms with Gasteiger partial charge in [0, 0.05) is 31.4 Å². The molecule has 0 radical (unpaired) electrons. The lowest BCUT2D eigenvalue weighted by Crippen LogP contribution is -2.36. The molecule has 1 aliphatic rings. The quantitative estimate of drug-likeness (QED) is 0.443. The van der Waals surface area contributed by atoms with Crippen molar-refractivity contribution in [3.05, 3.63) is 60.0 Å². The van der Waals surface area contributed by atoms with Gasteiger partial charge in [-0.15, -0.1) is 10.2 Å². The minimum Gasteiger partial charge on any atom is -0.352 e. The third-order valence-corrected chi connectivity index (χ3v) is 5.15. The maximum absolute atomic E-state index is 12.1. The smallest absolute Gasteiger partial charge is 0.227 e. The topological polar surface area (TPSA) is 95.7 Å². The van der Waals surface area contributed by atoms with Crippen LogP contribution in [0.2, 0.25) is 0 Å². The second kappa shape index (κ2) is 8.72. The molecule has 0 spiro atoms. The number of hydrogen-bond acceptors (Lipinski definition) is 4. The van der Waals surface area contributed by atoms with Crippen LogP contribution in [-0.2, 0) is 17.9 Å². The summed E-state index contributed by atoms with van der Waals surface area (Å²) in [7, 11) is 1.73. The van der Waals surface area contributed by atoms with Gasteiger partial charge in [0.25, 0.3) is 0 Å². The number of pyridine rings is 1. The molecule has 0 saturated heterocycles. The number of aliphatic imine (C=N–C) groups is 1. The zero-order valence-electron chi connectivity index (χ0n) is 16.4. The number of amides is 1. The number of carbonyl (C=O) groups excluding carboxylic acids is 1. The molecule has 150 valence electrons. The number of guanidine groups is 1. The van der Waals surface area contributed by atoms with Gasteiger partial charge in [0.05, 0.1) is 6.54 Å². The molecule has 1 amide bonds. The van der Waals surface area contributed by atoms with Gasteiger partial charge < -0.3 is 16.0 Å². The fourth-order valence-corrected chi connectivity index (χ4v) is 3.25. The van der Waals surface area contributed by atoms with Crippen LogP contribution in [0, 0.1) is 5.92 Å². The van der Waals surface area contributed by atoms with Gasteiger partial charge in [-0.2, -0.15) is 0 Å². The summed E-state index contributed by atoms with van der Waals surface area (Å²) in [5, 5.41) is 17.9. The maximum atomic E-state index is 12.1. The Kier molecular flexibility index (Phi) is 5.69. The monoisotopic (exact) mass is 391 g/mol. The Bertz CT molecular complexity index is 1020. The third-order valence-electron chi connectivity index (χ3n) is 5.15. The predicted molar refractivity (Wildman–Crippen MR) is 112 cm³/mol. The summed E-state index contributed by atoms with van der Waals surface area (Å²) in [5.41, 5.74) is 2.71. The molecule has 0 atom stereocenters. The molecular formula is C21H25N7O. The highest BCUT2D eigenvalue weighted by Gasteiger charge is 2.25. The van der Waals surface area contributed by atoms with E-state index in [0.717, 1.165) is 42.0 Å². The second-order valence-electron chi connectivity index (χ2n) is 7.14. The molecule has 4 rings (SSSR count). The number of fused-ring (bicyclic) bond motifs is 1. The van der Waals surface area contributed by atoms with Crippen molar-refractivity contribution >= 4 is 23.2 Å². The lowest BCUT2D eigenvalue weighted by molar-refractivity contribution is -0.122. The van der Waals surface area contributed by atoms with Crippen molar-refractivity contribution in [2.75, 3.05) is 12.4 Å². The van der Waals surface area contributed by atoms with Gasteiger partial charge in [-0.05, 0) is 42.7 Å². The van der Waals surface area contributed by atoms with Crippen LogP contribution >= 0.6 is 0 Å². The van der Waals surface area contributed by atoms with E-state index in [1.807, 2.05) is 53.1 Å². The average molecular weight is 391 g/mol. The molecule has 2 aromatic heterocycles. The number of hydrogen-bond donors (Lipinski definition) is 3. The second-order valence-corrected chi connectivity index (χ2v) is 7.14. The van der Waals surface area contributed by atoms with Crippen molar-refractivity contribution in [2.45, 2.75) is 32.4 Å². The Labute approximate surface area is 169 Å². The molecule has 3 aromatic rings. The third kappa shape index (κ3) is 4.53. The van der Waals surface area contributed by atoms with Crippen LogP contribution in [0.5, 0.6) is 0 Å². The van der Waals surface area contributed by atoms with Crippen molar-refractivity contribution in [3.63, 3.8) is 0 Å². The Balaban J connectivity index is 1.31. The molecule has 1 fully saturated rings. The molecule has 29 heavy (non-hydrogen) atoms. The number of anilines is 1. The summed E-state index contributed by atoms with van der Waals surface area (Å²) in [6.45, 7) is 1.09. The van der Waals surface area contributed by atoms with E-state index in [9.17, 15) is 4.79 Å². The number of carbonyl (C=O) groups is 1. The highest BCUT2D eigenvalue weighted by Crippen LogP contribution is 2.27. The summed E-state index contributed by atoms with van der Waals surface area (Å²) in [6.07, 6.45) is 5.08. The van der Waals surface area contributed by atoms with Gasteiger partial charge in [0.1, 0.15) is 0 Å². The first-order valence-corrected chi connectivity index (χ1v) is 9.86. The predicted octanol–water partition coefficient (Wildman–Crippen LogP) is 2.33. The molecule has 2 heterocycles. The standard InChI is InChI=1S/C21H25N7O/c1-22-21(24-14-19-27-26-18-10-2-3-11-28(18)19)23-13-15-6-4-9-17(12-15)25-20(29)16-7-5-8-16/h2-4,6,9-12,16H,5,7-8,13-14H2,1H3,(H,25,29)(H2,22,23,24). The van der Waals surface area contributed by atoms with Crippen molar-refractivity contribution in [1.82, 2.24) is 25.2 Å². The van der Waals surface area contributed by atoms with Crippen molar-refractivity contribution in [2.24, 2.45) is 10.9 Å². The van der Waals surface area contributed by atoms with E-state index in [1.165, 1.54) is 0 Å². The van der Waals surface area contributed by atoms with Crippen molar-refractivity contribution in [3.8, 4) is 0 Å². The SMILES string of the molecule is CN=C(NCc1cccc(NC(=O)C2CCC2)c1)NCc1nnc2ccccn12. The first-order valence-electron chi connectivity index (χ1n) is 9.86. The number of benzene rings is 1. The van der Waals surface area contributed by atoms with Crippen LogP contribution in [0.4, 0.5) is 5.69 Å². The summed E-state index contributed by atoms with van der Waals surface area (Å²) in [4.78, 5) is 16.4. The Morgan fingerprint density at radius 2 is 2.00 bits per heavy atom.